The van der Waals surface area contributed by atoms with Crippen molar-refractivity contribution < 1.29 is 4.74 Å². The number of rotatable bonds is 4. The number of methoxy groups -OCH3 is 1. The first kappa shape index (κ1) is 12.7. The van der Waals surface area contributed by atoms with E-state index in [4.69, 9.17) is 10.5 Å². The van der Waals surface area contributed by atoms with Crippen molar-refractivity contribution in [3.05, 3.63) is 53.6 Å². The fraction of sp³-hybridized carbons (Fsp3) is 0.250. The molecule has 0 spiro atoms. The van der Waals surface area contributed by atoms with E-state index in [2.05, 4.69) is 37.3 Å². The van der Waals surface area contributed by atoms with E-state index in [1.165, 1.54) is 16.7 Å². The van der Waals surface area contributed by atoms with Crippen molar-refractivity contribution in [2.75, 3.05) is 19.5 Å². The summed E-state index contributed by atoms with van der Waals surface area (Å²) in [7, 11) is 1.73. The first-order chi connectivity index (χ1) is 8.72. The van der Waals surface area contributed by atoms with Gasteiger partial charge in [-0.15, -0.1) is 0 Å². The Balaban J connectivity index is 2.26. The zero-order chi connectivity index (χ0) is 13.0. The molecule has 2 aromatic carbocycles. The van der Waals surface area contributed by atoms with E-state index >= 15 is 0 Å². The van der Waals surface area contributed by atoms with Gasteiger partial charge in [-0.3, -0.25) is 0 Å². The number of hydrogen-bond acceptors (Lipinski definition) is 2. The minimum atomic E-state index is 0.761. The first-order valence-electron chi connectivity index (χ1n) is 6.15. The topological polar surface area (TPSA) is 35.2 Å². The van der Waals surface area contributed by atoms with Crippen molar-refractivity contribution in [1.82, 2.24) is 0 Å². The lowest BCUT2D eigenvalue weighted by atomic mass is 9.98. The molecule has 18 heavy (non-hydrogen) atoms. The molecular formula is C16H19NO. The van der Waals surface area contributed by atoms with Crippen LogP contribution in [0.3, 0.4) is 0 Å². The fourth-order valence-corrected chi connectivity index (χ4v) is 2.04. The van der Waals surface area contributed by atoms with Gasteiger partial charge in [-0.05, 0) is 41.7 Å². The van der Waals surface area contributed by atoms with Crippen LogP contribution in [-0.2, 0) is 11.2 Å². The molecular weight excluding hydrogens is 222 g/mol. The molecule has 0 saturated carbocycles. The van der Waals surface area contributed by atoms with Gasteiger partial charge >= 0.3 is 0 Å². The Bertz CT molecular complexity index is 517. The van der Waals surface area contributed by atoms with Crippen LogP contribution in [0.1, 0.15) is 11.1 Å². The molecule has 2 N–H and O–H groups in total. The molecule has 0 heterocycles. The molecule has 0 saturated heterocycles. The van der Waals surface area contributed by atoms with Gasteiger partial charge in [0.2, 0.25) is 0 Å². The highest BCUT2D eigenvalue weighted by Crippen LogP contribution is 2.27. The quantitative estimate of drug-likeness (QED) is 0.832. The van der Waals surface area contributed by atoms with E-state index in [1.807, 2.05) is 12.1 Å². The van der Waals surface area contributed by atoms with Gasteiger partial charge in [0.25, 0.3) is 0 Å². The van der Waals surface area contributed by atoms with Gasteiger partial charge in [0, 0.05) is 12.8 Å². The second-order valence-corrected chi connectivity index (χ2v) is 4.46. The minimum absolute atomic E-state index is 0.761. The number of nitrogens with two attached hydrogens (primary N) is 1. The Labute approximate surface area is 108 Å². The lowest BCUT2D eigenvalue weighted by Crippen LogP contribution is -1.95. The van der Waals surface area contributed by atoms with Crippen LogP contribution in [0.25, 0.3) is 11.1 Å². The highest BCUT2D eigenvalue weighted by molar-refractivity contribution is 5.72. The van der Waals surface area contributed by atoms with Crippen molar-refractivity contribution in [2.24, 2.45) is 0 Å². The van der Waals surface area contributed by atoms with Gasteiger partial charge in [-0.1, -0.05) is 36.4 Å². The molecule has 94 valence electrons. The predicted molar refractivity (Wildman–Crippen MR) is 76.6 cm³/mol. The standard InChI is InChI=1S/C16H19NO/c1-12-15(4-3-5-16(12)17)14-8-6-13(7-9-14)10-11-18-2/h3-9H,10-11,17H2,1-2H3. The average molecular weight is 241 g/mol. The maximum absolute atomic E-state index is 5.94. The molecule has 0 bridgehead atoms. The molecule has 2 aromatic rings. The van der Waals surface area contributed by atoms with Crippen molar-refractivity contribution in [3.63, 3.8) is 0 Å². The third kappa shape index (κ3) is 2.71. The summed E-state index contributed by atoms with van der Waals surface area (Å²) in [6, 6.07) is 14.6. The van der Waals surface area contributed by atoms with Gasteiger partial charge in [0.15, 0.2) is 0 Å². The summed E-state index contributed by atoms with van der Waals surface area (Å²) in [5.41, 5.74) is 11.6. The molecule has 0 atom stereocenters. The number of nitrogen functional groups attached to an aromatic ring is 1. The second kappa shape index (κ2) is 5.69. The summed E-state index contributed by atoms with van der Waals surface area (Å²) in [6.07, 6.45) is 0.951. The highest BCUT2D eigenvalue weighted by atomic mass is 16.5. The van der Waals surface area contributed by atoms with Crippen LogP contribution < -0.4 is 5.73 Å². The number of anilines is 1. The third-order valence-electron chi connectivity index (χ3n) is 3.24. The SMILES string of the molecule is COCCc1ccc(-c2cccc(N)c2C)cc1. The molecule has 0 aliphatic rings. The van der Waals surface area contributed by atoms with E-state index in [0.717, 1.165) is 24.3 Å². The Morgan fingerprint density at radius 1 is 1.06 bits per heavy atom. The maximum atomic E-state index is 5.94. The lowest BCUT2D eigenvalue weighted by molar-refractivity contribution is 0.202. The summed E-state index contributed by atoms with van der Waals surface area (Å²) in [5, 5.41) is 0. The molecule has 2 rings (SSSR count). The van der Waals surface area contributed by atoms with Crippen LogP contribution in [0.15, 0.2) is 42.5 Å². The van der Waals surface area contributed by atoms with Crippen molar-refractivity contribution in [3.8, 4) is 11.1 Å². The lowest BCUT2D eigenvalue weighted by Gasteiger charge is -2.09. The molecule has 0 radical (unpaired) electrons. The number of benzene rings is 2. The Kier molecular flexibility index (Phi) is 4.00. The molecule has 2 heteroatoms. The zero-order valence-corrected chi connectivity index (χ0v) is 10.9. The third-order valence-corrected chi connectivity index (χ3v) is 3.24. The molecule has 0 aliphatic heterocycles. The van der Waals surface area contributed by atoms with E-state index in [1.54, 1.807) is 7.11 Å². The van der Waals surface area contributed by atoms with Crippen LogP contribution in [0, 0.1) is 6.92 Å². The Hall–Kier alpha value is -1.80. The summed E-state index contributed by atoms with van der Waals surface area (Å²) < 4.78 is 5.08. The zero-order valence-electron chi connectivity index (χ0n) is 10.9. The van der Waals surface area contributed by atoms with Gasteiger partial charge in [-0.2, -0.15) is 0 Å². The van der Waals surface area contributed by atoms with E-state index in [0.29, 0.717) is 0 Å². The second-order valence-electron chi connectivity index (χ2n) is 4.46. The number of hydrogen-bond donors (Lipinski definition) is 1. The smallest absolute Gasteiger partial charge is 0.0502 e. The largest absolute Gasteiger partial charge is 0.398 e. The summed E-state index contributed by atoms with van der Waals surface area (Å²) in [4.78, 5) is 0. The fourth-order valence-electron chi connectivity index (χ4n) is 2.04. The predicted octanol–water partition coefficient (Wildman–Crippen LogP) is 3.43. The number of ether oxygens (including phenoxy) is 1. The van der Waals surface area contributed by atoms with Gasteiger partial charge < -0.3 is 10.5 Å². The van der Waals surface area contributed by atoms with Crippen LogP contribution >= 0.6 is 0 Å². The molecule has 0 fully saturated rings. The maximum Gasteiger partial charge on any atom is 0.0502 e. The normalized spacial score (nSPS) is 10.6. The Morgan fingerprint density at radius 3 is 2.44 bits per heavy atom. The highest BCUT2D eigenvalue weighted by Gasteiger charge is 2.04. The monoisotopic (exact) mass is 241 g/mol. The van der Waals surface area contributed by atoms with Crippen LogP contribution in [0.4, 0.5) is 5.69 Å². The van der Waals surface area contributed by atoms with Gasteiger partial charge in [0.05, 0.1) is 6.61 Å². The molecule has 0 unspecified atom stereocenters. The average Bonchev–Trinajstić information content (AvgIpc) is 2.40. The Morgan fingerprint density at radius 2 is 1.78 bits per heavy atom. The molecule has 2 nitrogen and oxygen atoms in total. The van der Waals surface area contributed by atoms with Crippen LogP contribution in [-0.4, -0.2) is 13.7 Å². The summed E-state index contributed by atoms with van der Waals surface area (Å²) >= 11 is 0. The van der Waals surface area contributed by atoms with Crippen molar-refractivity contribution >= 4 is 5.69 Å². The minimum Gasteiger partial charge on any atom is -0.398 e. The first-order valence-corrected chi connectivity index (χ1v) is 6.15. The van der Waals surface area contributed by atoms with Crippen molar-refractivity contribution in [1.29, 1.82) is 0 Å². The van der Waals surface area contributed by atoms with Gasteiger partial charge in [0.1, 0.15) is 0 Å². The van der Waals surface area contributed by atoms with Crippen LogP contribution in [0.2, 0.25) is 0 Å². The van der Waals surface area contributed by atoms with E-state index < -0.39 is 0 Å². The van der Waals surface area contributed by atoms with Crippen LogP contribution in [0.5, 0.6) is 0 Å². The van der Waals surface area contributed by atoms with E-state index in [-0.39, 0.29) is 0 Å². The molecule has 0 amide bonds. The molecule has 0 aliphatic carbocycles. The summed E-state index contributed by atoms with van der Waals surface area (Å²) in [6.45, 7) is 2.82. The van der Waals surface area contributed by atoms with Gasteiger partial charge in [-0.25, -0.2) is 0 Å². The summed E-state index contributed by atoms with van der Waals surface area (Å²) in [5.74, 6) is 0. The van der Waals surface area contributed by atoms with E-state index in [9.17, 15) is 0 Å². The molecule has 0 aromatic heterocycles. The van der Waals surface area contributed by atoms with Crippen molar-refractivity contribution in [2.45, 2.75) is 13.3 Å².